The van der Waals surface area contributed by atoms with Gasteiger partial charge in [-0.2, -0.15) is 0 Å². The van der Waals surface area contributed by atoms with Crippen LogP contribution in [0.3, 0.4) is 0 Å². The molecule has 10 heteroatoms. The van der Waals surface area contributed by atoms with Crippen molar-refractivity contribution in [3.8, 4) is 0 Å². The zero-order valence-electron chi connectivity index (χ0n) is 15.8. The van der Waals surface area contributed by atoms with E-state index in [9.17, 15) is 28.4 Å². The molecule has 1 atom stereocenters. The van der Waals surface area contributed by atoms with Crippen molar-refractivity contribution in [2.24, 2.45) is 0 Å². The number of benzene rings is 1. The summed E-state index contributed by atoms with van der Waals surface area (Å²) < 4.78 is 33.4. The highest BCUT2D eigenvalue weighted by Crippen LogP contribution is 2.30. The third kappa shape index (κ3) is 7.02. The van der Waals surface area contributed by atoms with E-state index >= 15 is 0 Å². The Labute approximate surface area is 164 Å². The first-order valence-corrected chi connectivity index (χ1v) is 10.3. The monoisotopic (exact) mass is 414 g/mol. The van der Waals surface area contributed by atoms with Crippen molar-refractivity contribution >= 4 is 21.7 Å². The zero-order valence-corrected chi connectivity index (χ0v) is 16.6. The van der Waals surface area contributed by atoms with Crippen molar-refractivity contribution in [2.45, 2.75) is 49.5 Å². The minimum Gasteiger partial charge on any atom is -0.466 e. The molecule has 0 saturated heterocycles. The molecule has 0 spiro atoms. The molecule has 0 unspecified atom stereocenters. The van der Waals surface area contributed by atoms with Crippen molar-refractivity contribution in [3.05, 3.63) is 47.0 Å². The molecule has 0 aliphatic carbocycles. The summed E-state index contributed by atoms with van der Waals surface area (Å²) in [5.74, 6) is -0.440. The zero-order chi connectivity index (χ0) is 21.2. The van der Waals surface area contributed by atoms with Gasteiger partial charge in [-0.3, -0.25) is 14.9 Å². The molecule has 0 aromatic heterocycles. The highest BCUT2D eigenvalue weighted by Gasteiger charge is 2.36. The van der Waals surface area contributed by atoms with Gasteiger partial charge in [-0.1, -0.05) is 18.2 Å². The number of aliphatic hydroxyl groups is 1. The second-order valence-corrected chi connectivity index (χ2v) is 8.03. The summed E-state index contributed by atoms with van der Waals surface area (Å²) in [4.78, 5) is 21.0. The summed E-state index contributed by atoms with van der Waals surface area (Å²) in [7, 11) is -4.23. The number of nitro groups is 1. The lowest BCUT2D eigenvalue weighted by molar-refractivity contribution is -0.387. The maximum Gasteiger partial charge on any atom is 0.302 e. The first kappa shape index (κ1) is 23.7. The second-order valence-electron chi connectivity index (χ2n) is 6.37. The smallest absolute Gasteiger partial charge is 0.302 e. The van der Waals surface area contributed by atoms with E-state index < -0.39 is 37.0 Å². The van der Waals surface area contributed by atoms with E-state index in [1.54, 1.807) is 6.08 Å². The van der Waals surface area contributed by atoms with Gasteiger partial charge in [0, 0.05) is 25.1 Å². The first-order valence-electron chi connectivity index (χ1n) is 8.80. The Morgan fingerprint density at radius 2 is 2.00 bits per heavy atom. The van der Waals surface area contributed by atoms with Crippen molar-refractivity contribution in [1.29, 1.82) is 0 Å². The van der Waals surface area contributed by atoms with Gasteiger partial charge >= 0.3 is 5.97 Å². The summed E-state index contributed by atoms with van der Waals surface area (Å²) in [6.45, 7) is 4.91. The van der Waals surface area contributed by atoms with Gasteiger partial charge in [0.15, 0.2) is 4.90 Å². The van der Waals surface area contributed by atoms with Crippen LogP contribution in [0.25, 0.3) is 0 Å². The van der Waals surface area contributed by atoms with Gasteiger partial charge in [0.25, 0.3) is 5.69 Å². The number of nitrogens with one attached hydrogen (secondary N) is 1. The van der Waals surface area contributed by atoms with E-state index in [2.05, 4.69) is 11.3 Å². The number of para-hydroxylation sites is 1. The molecule has 9 nitrogen and oxygen atoms in total. The maximum atomic E-state index is 13.0. The Balaban J connectivity index is 3.19. The van der Waals surface area contributed by atoms with E-state index in [1.807, 2.05) is 0 Å². The Morgan fingerprint density at radius 3 is 2.57 bits per heavy atom. The minimum atomic E-state index is -4.23. The van der Waals surface area contributed by atoms with Crippen LogP contribution in [-0.2, 0) is 19.6 Å². The molecule has 0 saturated carbocycles. The number of ether oxygens (including phenoxy) is 1. The molecule has 0 bridgehead atoms. The molecule has 0 aliphatic heterocycles. The number of carbonyl (C=O) groups excluding carboxylic acids is 1. The number of esters is 1. The fraction of sp³-hybridized carbons (Fsp3) is 0.500. The molecule has 0 fully saturated rings. The highest BCUT2D eigenvalue weighted by atomic mass is 32.2. The molecule has 0 aliphatic rings. The predicted octanol–water partition coefficient (Wildman–Crippen LogP) is 2.30. The molecule has 28 heavy (non-hydrogen) atoms. The van der Waals surface area contributed by atoms with Gasteiger partial charge < -0.3 is 9.84 Å². The molecule has 1 aromatic rings. The molecule has 1 aromatic carbocycles. The fourth-order valence-corrected chi connectivity index (χ4v) is 4.61. The van der Waals surface area contributed by atoms with E-state index in [0.717, 1.165) is 6.07 Å². The Kier molecular flexibility index (Phi) is 9.23. The third-order valence-electron chi connectivity index (χ3n) is 4.16. The fourth-order valence-electron chi connectivity index (χ4n) is 2.97. The quantitative estimate of drug-likeness (QED) is 0.166. The Bertz CT molecular complexity index is 795. The summed E-state index contributed by atoms with van der Waals surface area (Å²) in [5, 5.41) is 20.4. The number of nitrogens with zero attached hydrogens (tertiary/aromatic N) is 1. The van der Waals surface area contributed by atoms with Gasteiger partial charge in [-0.25, -0.2) is 13.1 Å². The molecule has 1 rings (SSSR count). The largest absolute Gasteiger partial charge is 0.466 e. The third-order valence-corrected chi connectivity index (χ3v) is 5.78. The topological polar surface area (TPSA) is 136 Å². The van der Waals surface area contributed by atoms with Crippen molar-refractivity contribution in [2.75, 3.05) is 13.2 Å². The van der Waals surface area contributed by atoms with Crippen LogP contribution in [0.15, 0.2) is 41.8 Å². The summed E-state index contributed by atoms with van der Waals surface area (Å²) in [5.41, 5.74) is -1.54. The SMILES string of the molecule is C=CC[C@](CCCO)(CCCOC(C)=O)NS(=O)(=O)c1ccccc1[N+](=O)[O-]. The lowest BCUT2D eigenvalue weighted by Crippen LogP contribution is -2.48. The van der Waals surface area contributed by atoms with E-state index in [0.29, 0.717) is 19.3 Å². The number of sulfonamides is 1. The standard InChI is InChI=1S/C18H26N2O7S/c1-3-10-18(11-6-13-21,12-7-14-27-15(2)22)19-28(25,26)17-9-5-4-8-16(17)20(23)24/h3-5,8-9,19,21H,1,6-7,10-14H2,2H3/t18-/m0/s1. The summed E-state index contributed by atoms with van der Waals surface area (Å²) in [6.07, 6.45) is 3.07. The summed E-state index contributed by atoms with van der Waals surface area (Å²) in [6, 6.07) is 5.09. The molecule has 0 heterocycles. The van der Waals surface area contributed by atoms with Crippen molar-refractivity contribution < 1.29 is 28.0 Å². The van der Waals surface area contributed by atoms with Crippen LogP contribution in [0.1, 0.15) is 39.0 Å². The average molecular weight is 414 g/mol. The van der Waals surface area contributed by atoms with Crippen LogP contribution >= 0.6 is 0 Å². The average Bonchev–Trinajstić information content (AvgIpc) is 2.63. The Morgan fingerprint density at radius 1 is 1.36 bits per heavy atom. The van der Waals surface area contributed by atoms with Gasteiger partial charge in [0.1, 0.15) is 0 Å². The minimum absolute atomic E-state index is 0.112. The Hall–Kier alpha value is -2.30. The van der Waals surface area contributed by atoms with E-state index in [1.165, 1.54) is 25.1 Å². The maximum absolute atomic E-state index is 13.0. The van der Waals surface area contributed by atoms with Crippen LogP contribution in [-0.4, -0.2) is 43.2 Å². The van der Waals surface area contributed by atoms with Gasteiger partial charge in [-0.05, 0) is 38.2 Å². The molecule has 2 N–H and O–H groups in total. The number of aliphatic hydroxyl groups excluding tert-OH is 1. The summed E-state index contributed by atoms with van der Waals surface area (Å²) >= 11 is 0. The number of nitro benzene ring substituents is 1. The van der Waals surface area contributed by atoms with Crippen LogP contribution < -0.4 is 4.72 Å². The van der Waals surface area contributed by atoms with E-state index in [-0.39, 0.29) is 26.1 Å². The normalized spacial score (nSPS) is 13.5. The lowest BCUT2D eigenvalue weighted by atomic mass is 9.86. The highest BCUT2D eigenvalue weighted by molar-refractivity contribution is 7.89. The van der Waals surface area contributed by atoms with Gasteiger partial charge in [0.05, 0.1) is 11.5 Å². The lowest BCUT2D eigenvalue weighted by Gasteiger charge is -2.34. The van der Waals surface area contributed by atoms with Crippen molar-refractivity contribution in [1.82, 2.24) is 4.72 Å². The van der Waals surface area contributed by atoms with Crippen LogP contribution in [0.5, 0.6) is 0 Å². The van der Waals surface area contributed by atoms with Crippen LogP contribution in [0.2, 0.25) is 0 Å². The first-order chi connectivity index (χ1) is 13.2. The van der Waals surface area contributed by atoms with Gasteiger partial charge in [-0.15, -0.1) is 6.58 Å². The molecule has 0 amide bonds. The number of hydrogen-bond donors (Lipinski definition) is 2. The second kappa shape index (κ2) is 10.9. The number of hydrogen-bond acceptors (Lipinski definition) is 7. The molecular weight excluding hydrogens is 388 g/mol. The van der Waals surface area contributed by atoms with Crippen LogP contribution in [0, 0.1) is 10.1 Å². The molecule has 156 valence electrons. The van der Waals surface area contributed by atoms with E-state index in [4.69, 9.17) is 4.74 Å². The number of rotatable bonds is 13. The van der Waals surface area contributed by atoms with Gasteiger partial charge in [0.2, 0.25) is 10.0 Å². The molecular formula is C18H26N2O7S. The number of carbonyl (C=O) groups is 1. The predicted molar refractivity (Wildman–Crippen MR) is 103 cm³/mol. The molecule has 0 radical (unpaired) electrons. The van der Waals surface area contributed by atoms with Crippen molar-refractivity contribution in [3.63, 3.8) is 0 Å². The van der Waals surface area contributed by atoms with Crippen LogP contribution in [0.4, 0.5) is 5.69 Å².